The molecule has 0 aliphatic carbocycles. The van der Waals surface area contributed by atoms with E-state index in [2.05, 4.69) is 4.74 Å². The van der Waals surface area contributed by atoms with Gasteiger partial charge < -0.3 is 9.84 Å². The Morgan fingerprint density at radius 2 is 2.38 bits per heavy atom. The lowest BCUT2D eigenvalue weighted by Gasteiger charge is -2.29. The summed E-state index contributed by atoms with van der Waals surface area (Å²) in [4.78, 5) is 0. The maximum atomic E-state index is 10.7. The molecule has 1 saturated heterocycles. The first-order valence-corrected chi connectivity index (χ1v) is 3.13. The van der Waals surface area contributed by atoms with Crippen LogP contribution in [0.1, 0.15) is 19.8 Å². The Kier molecular flexibility index (Phi) is 1.86. The zero-order valence-electron chi connectivity index (χ0n) is 5.13. The van der Waals surface area contributed by atoms with Crippen molar-refractivity contribution in [3.63, 3.8) is 0 Å². The first-order valence-electron chi connectivity index (χ1n) is 3.13. The second kappa shape index (κ2) is 2.46. The molecule has 1 fully saturated rings. The molecule has 1 N–H and O–H groups in total. The van der Waals surface area contributed by atoms with Crippen molar-refractivity contribution in [3.05, 3.63) is 0 Å². The molecule has 1 heterocycles. The third-order valence-electron chi connectivity index (χ3n) is 1.61. The van der Waals surface area contributed by atoms with Crippen molar-refractivity contribution in [1.82, 2.24) is 0 Å². The smallest absolute Gasteiger partial charge is 0.144 e. The van der Waals surface area contributed by atoms with E-state index in [0.29, 0.717) is 0 Å². The van der Waals surface area contributed by atoms with E-state index in [1.165, 1.54) is 0 Å². The van der Waals surface area contributed by atoms with Gasteiger partial charge in [-0.25, -0.2) is 0 Å². The average Bonchev–Trinajstić information content (AvgIpc) is 1.77. The zero-order chi connectivity index (χ0) is 5.98. The highest BCUT2D eigenvalue weighted by atomic mass is 16.6. The molecule has 2 unspecified atom stereocenters. The van der Waals surface area contributed by atoms with E-state index in [1.807, 2.05) is 6.92 Å². The molecule has 2 heteroatoms. The third-order valence-corrected chi connectivity index (χ3v) is 1.61. The predicted molar refractivity (Wildman–Crippen MR) is 29.3 cm³/mol. The Morgan fingerprint density at radius 1 is 1.62 bits per heavy atom. The SMILES string of the molecule is CC1CCC[OH+]C1[O-]. The van der Waals surface area contributed by atoms with Crippen molar-refractivity contribution in [2.45, 2.75) is 26.1 Å². The topological polar surface area (TPSA) is 35.9 Å². The summed E-state index contributed by atoms with van der Waals surface area (Å²) in [5.41, 5.74) is 0. The summed E-state index contributed by atoms with van der Waals surface area (Å²) >= 11 is 0. The van der Waals surface area contributed by atoms with Gasteiger partial charge in [-0.15, -0.1) is 0 Å². The fraction of sp³-hybridized carbons (Fsp3) is 1.00. The molecule has 1 aliphatic rings. The van der Waals surface area contributed by atoms with E-state index in [-0.39, 0.29) is 5.92 Å². The molecule has 0 aromatic rings. The minimum absolute atomic E-state index is 0.281. The maximum absolute atomic E-state index is 10.7. The summed E-state index contributed by atoms with van der Waals surface area (Å²) in [6, 6.07) is 0. The summed E-state index contributed by atoms with van der Waals surface area (Å²) in [6.45, 7) is 2.76. The number of aliphatic hydroxyl groups is 2. The van der Waals surface area contributed by atoms with Crippen LogP contribution in [0, 0.1) is 5.92 Å². The first kappa shape index (κ1) is 6.05. The van der Waals surface area contributed by atoms with E-state index in [1.54, 1.807) is 0 Å². The van der Waals surface area contributed by atoms with Crippen LogP contribution in [-0.2, 0) is 0 Å². The zero-order valence-corrected chi connectivity index (χ0v) is 5.13. The van der Waals surface area contributed by atoms with Gasteiger partial charge in [-0.2, -0.15) is 0 Å². The largest absolute Gasteiger partial charge is 0.788 e. The van der Waals surface area contributed by atoms with Crippen LogP contribution in [-0.4, -0.2) is 17.6 Å². The highest BCUT2D eigenvalue weighted by molar-refractivity contribution is 4.58. The molecule has 1 rings (SSSR count). The quantitative estimate of drug-likeness (QED) is 0.398. The van der Waals surface area contributed by atoms with Gasteiger partial charge in [0.15, 0.2) is 0 Å². The molecule has 2 nitrogen and oxygen atoms in total. The fourth-order valence-corrected chi connectivity index (χ4v) is 0.954. The van der Waals surface area contributed by atoms with Crippen LogP contribution in [0.5, 0.6) is 0 Å². The molecule has 0 amide bonds. The molecule has 48 valence electrons. The molecule has 0 radical (unpaired) electrons. The monoisotopic (exact) mass is 116 g/mol. The van der Waals surface area contributed by atoms with Gasteiger partial charge in [-0.3, -0.25) is 0 Å². The van der Waals surface area contributed by atoms with Gasteiger partial charge in [0.2, 0.25) is 0 Å². The average molecular weight is 116 g/mol. The number of ether oxygens (including phenoxy) is 1. The molecular weight excluding hydrogens is 104 g/mol. The van der Waals surface area contributed by atoms with Crippen LogP contribution in [0.25, 0.3) is 0 Å². The van der Waals surface area contributed by atoms with Crippen molar-refractivity contribution in [2.24, 2.45) is 5.92 Å². The summed E-state index contributed by atoms with van der Waals surface area (Å²) in [5, 5.41) is 10.7. The number of rotatable bonds is 0. The van der Waals surface area contributed by atoms with Gasteiger partial charge in [0.05, 0.1) is 6.29 Å². The lowest BCUT2D eigenvalue weighted by atomic mass is 10.0. The lowest BCUT2D eigenvalue weighted by Crippen LogP contribution is -2.41. The van der Waals surface area contributed by atoms with Crippen LogP contribution in [0.15, 0.2) is 0 Å². The van der Waals surface area contributed by atoms with Crippen LogP contribution in [0.3, 0.4) is 0 Å². The standard InChI is InChI=1S/C6H11O2/c1-5-3-2-4-8-6(5)7/h5-6H,2-4H2,1H3/q-1/p+1. The van der Waals surface area contributed by atoms with E-state index in [0.717, 1.165) is 19.4 Å². The Morgan fingerprint density at radius 3 is 2.75 bits per heavy atom. The highest BCUT2D eigenvalue weighted by Crippen LogP contribution is 2.13. The molecule has 0 saturated carbocycles. The second-order valence-electron chi connectivity index (χ2n) is 2.42. The molecule has 0 aromatic carbocycles. The van der Waals surface area contributed by atoms with Gasteiger partial charge in [-0.05, 0) is 6.42 Å². The van der Waals surface area contributed by atoms with Crippen LogP contribution in [0.4, 0.5) is 0 Å². The first-order chi connectivity index (χ1) is 3.80. The summed E-state index contributed by atoms with van der Waals surface area (Å²) in [6.07, 6.45) is 1.56. The molecule has 8 heavy (non-hydrogen) atoms. The van der Waals surface area contributed by atoms with Crippen LogP contribution >= 0.6 is 0 Å². The van der Waals surface area contributed by atoms with Crippen LogP contribution in [0.2, 0.25) is 0 Å². The molecule has 1 aliphatic heterocycles. The Balaban J connectivity index is 2.28. The fourth-order valence-electron chi connectivity index (χ4n) is 0.954. The Hall–Kier alpha value is -0.0800. The normalized spacial score (nSPS) is 39.8. The van der Waals surface area contributed by atoms with E-state index in [9.17, 15) is 5.11 Å². The van der Waals surface area contributed by atoms with Crippen molar-refractivity contribution in [3.8, 4) is 0 Å². The molecule has 0 spiro atoms. The van der Waals surface area contributed by atoms with Gasteiger partial charge in [0, 0.05) is 12.3 Å². The minimum Gasteiger partial charge on any atom is -0.788 e. The third kappa shape index (κ3) is 1.20. The lowest BCUT2D eigenvalue weighted by molar-refractivity contribution is -0.545. The Labute approximate surface area is 49.5 Å². The number of hydrogen-bond acceptors (Lipinski definition) is 1. The van der Waals surface area contributed by atoms with E-state index in [4.69, 9.17) is 0 Å². The van der Waals surface area contributed by atoms with Crippen molar-refractivity contribution in [1.29, 1.82) is 0 Å². The van der Waals surface area contributed by atoms with Crippen molar-refractivity contribution in [2.75, 3.05) is 6.61 Å². The van der Waals surface area contributed by atoms with Gasteiger partial charge in [-0.1, -0.05) is 6.92 Å². The van der Waals surface area contributed by atoms with Gasteiger partial charge >= 0.3 is 0 Å². The van der Waals surface area contributed by atoms with E-state index < -0.39 is 6.29 Å². The second-order valence-corrected chi connectivity index (χ2v) is 2.42. The summed E-state index contributed by atoms with van der Waals surface area (Å²) < 4.78 is 3.86. The van der Waals surface area contributed by atoms with E-state index >= 15 is 0 Å². The molecular formula is C6H12O2. The number of hydrogen-bond donors (Lipinski definition) is 0. The van der Waals surface area contributed by atoms with Crippen molar-refractivity contribution >= 4 is 0 Å². The molecule has 2 atom stereocenters. The Bertz CT molecular complexity index is 62.9. The summed E-state index contributed by atoms with van der Waals surface area (Å²) in [7, 11) is 0. The maximum Gasteiger partial charge on any atom is 0.144 e. The molecule has 0 bridgehead atoms. The molecule has 0 aromatic heterocycles. The highest BCUT2D eigenvalue weighted by Gasteiger charge is 2.15. The van der Waals surface area contributed by atoms with Crippen LogP contribution < -0.4 is 5.11 Å². The van der Waals surface area contributed by atoms with Gasteiger partial charge in [0.25, 0.3) is 0 Å². The minimum atomic E-state index is -0.622. The summed E-state index contributed by atoms with van der Waals surface area (Å²) in [5.74, 6) is 0.281. The predicted octanol–water partition coefficient (Wildman–Crippen LogP) is -0.369. The van der Waals surface area contributed by atoms with Gasteiger partial charge in [0.1, 0.15) is 6.61 Å². The van der Waals surface area contributed by atoms with Crippen molar-refractivity contribution < 1.29 is 9.84 Å².